The number of rotatable bonds is 4. The number of hydrogen-bond donors (Lipinski definition) is 2. The molecule has 3 N–H and O–H groups in total. The summed E-state index contributed by atoms with van der Waals surface area (Å²) in [5.74, 6) is 1.75. The minimum atomic E-state index is -1.08. The lowest BCUT2D eigenvalue weighted by Crippen LogP contribution is -2.33. The molecule has 0 saturated carbocycles. The summed E-state index contributed by atoms with van der Waals surface area (Å²) in [5.41, 5.74) is 5.44. The Morgan fingerprint density at radius 2 is 2.06 bits per heavy atom. The predicted molar refractivity (Wildman–Crippen MR) is 61.7 cm³/mol. The van der Waals surface area contributed by atoms with Gasteiger partial charge in [0.05, 0.1) is 6.54 Å². The van der Waals surface area contributed by atoms with Crippen molar-refractivity contribution in [3.8, 4) is 12.3 Å². The van der Waals surface area contributed by atoms with E-state index in [1.54, 1.807) is 30.3 Å². The molecule has 0 aromatic heterocycles. The summed E-state index contributed by atoms with van der Waals surface area (Å²) in [7, 11) is 0. The second-order valence-electron chi connectivity index (χ2n) is 3.15. The van der Waals surface area contributed by atoms with Crippen LogP contribution in [-0.2, 0) is 9.53 Å². The zero-order valence-electron chi connectivity index (χ0n) is 9.05. The van der Waals surface area contributed by atoms with Crippen LogP contribution in [0, 0.1) is 12.3 Å². The Bertz CT molecular complexity index is 437. The van der Waals surface area contributed by atoms with Crippen LogP contribution in [0.15, 0.2) is 30.3 Å². The summed E-state index contributed by atoms with van der Waals surface area (Å²) in [6.45, 7) is 0.0598. The standard InChI is InChI=1S/C12H12N2O3/c1-2-8-14-11(15)10(17-12(13)16)9-6-4-3-5-7-9/h1,3-7,10H,8H2,(H2,13,16)(H,14,15)/t10-/m0/s1. The Kier molecular flexibility index (Phi) is 4.58. The number of primary amides is 1. The maximum atomic E-state index is 11.7. The summed E-state index contributed by atoms with van der Waals surface area (Å²) in [6, 6.07) is 8.54. The molecule has 1 rings (SSSR count). The third kappa shape index (κ3) is 3.87. The van der Waals surface area contributed by atoms with Gasteiger partial charge in [-0.25, -0.2) is 4.79 Å². The first-order valence-corrected chi connectivity index (χ1v) is 4.87. The van der Waals surface area contributed by atoms with Gasteiger partial charge in [-0.3, -0.25) is 4.79 Å². The lowest BCUT2D eigenvalue weighted by atomic mass is 10.1. The molecule has 0 radical (unpaired) electrons. The van der Waals surface area contributed by atoms with Crippen molar-refractivity contribution >= 4 is 12.0 Å². The van der Waals surface area contributed by atoms with Crippen molar-refractivity contribution in [3.63, 3.8) is 0 Å². The molecule has 1 atom stereocenters. The minimum Gasteiger partial charge on any atom is -0.431 e. The van der Waals surface area contributed by atoms with Gasteiger partial charge in [0.15, 0.2) is 0 Å². The third-order valence-corrected chi connectivity index (χ3v) is 1.94. The largest absolute Gasteiger partial charge is 0.431 e. The number of ether oxygens (including phenoxy) is 1. The van der Waals surface area contributed by atoms with Crippen molar-refractivity contribution in [1.82, 2.24) is 5.32 Å². The fourth-order valence-corrected chi connectivity index (χ4v) is 1.25. The molecule has 0 unspecified atom stereocenters. The van der Waals surface area contributed by atoms with Gasteiger partial charge in [0, 0.05) is 5.56 Å². The van der Waals surface area contributed by atoms with Gasteiger partial charge in [0.25, 0.3) is 5.91 Å². The number of carbonyl (C=O) groups excluding carboxylic acids is 2. The molecule has 1 aromatic carbocycles. The maximum absolute atomic E-state index is 11.7. The molecule has 0 aliphatic rings. The second-order valence-corrected chi connectivity index (χ2v) is 3.15. The Balaban J connectivity index is 2.85. The zero-order valence-corrected chi connectivity index (χ0v) is 9.05. The van der Waals surface area contributed by atoms with Crippen molar-refractivity contribution in [3.05, 3.63) is 35.9 Å². The molecular weight excluding hydrogens is 220 g/mol. The number of benzene rings is 1. The quantitative estimate of drug-likeness (QED) is 0.745. The molecule has 0 fully saturated rings. The zero-order chi connectivity index (χ0) is 12.7. The van der Waals surface area contributed by atoms with Crippen LogP contribution in [0.2, 0.25) is 0 Å². The maximum Gasteiger partial charge on any atom is 0.405 e. The van der Waals surface area contributed by atoms with Crippen molar-refractivity contribution in [2.45, 2.75) is 6.10 Å². The predicted octanol–water partition coefficient (Wildman–Crippen LogP) is 0.572. The van der Waals surface area contributed by atoms with E-state index in [0.717, 1.165) is 0 Å². The summed E-state index contributed by atoms with van der Waals surface area (Å²) in [4.78, 5) is 22.4. The average Bonchev–Trinajstić information content (AvgIpc) is 2.34. The second kappa shape index (κ2) is 6.18. The van der Waals surface area contributed by atoms with Crippen LogP contribution < -0.4 is 11.1 Å². The smallest absolute Gasteiger partial charge is 0.405 e. The highest BCUT2D eigenvalue weighted by Crippen LogP contribution is 2.16. The highest BCUT2D eigenvalue weighted by Gasteiger charge is 2.23. The van der Waals surface area contributed by atoms with E-state index in [0.29, 0.717) is 5.56 Å². The number of nitrogens with two attached hydrogens (primary N) is 1. The van der Waals surface area contributed by atoms with E-state index in [1.807, 2.05) is 0 Å². The first kappa shape index (κ1) is 12.6. The van der Waals surface area contributed by atoms with Crippen LogP contribution in [-0.4, -0.2) is 18.5 Å². The van der Waals surface area contributed by atoms with E-state index in [2.05, 4.69) is 11.2 Å². The first-order chi connectivity index (χ1) is 8.15. The van der Waals surface area contributed by atoms with Crippen molar-refractivity contribution in [2.75, 3.05) is 6.54 Å². The van der Waals surface area contributed by atoms with Crippen LogP contribution in [0.25, 0.3) is 0 Å². The molecule has 1 aromatic rings. The Labute approximate surface area is 98.9 Å². The molecule has 88 valence electrons. The topological polar surface area (TPSA) is 81.4 Å². The normalized spacial score (nSPS) is 11.0. The molecule has 0 aliphatic carbocycles. The van der Waals surface area contributed by atoms with Crippen LogP contribution in [0.4, 0.5) is 4.79 Å². The molecular formula is C12H12N2O3. The molecule has 0 saturated heterocycles. The Morgan fingerprint density at radius 3 is 2.59 bits per heavy atom. The van der Waals surface area contributed by atoms with E-state index in [4.69, 9.17) is 16.9 Å². The van der Waals surface area contributed by atoms with Crippen LogP contribution in [0.5, 0.6) is 0 Å². The van der Waals surface area contributed by atoms with Gasteiger partial charge in [0.1, 0.15) is 0 Å². The van der Waals surface area contributed by atoms with E-state index in [-0.39, 0.29) is 6.54 Å². The van der Waals surface area contributed by atoms with Gasteiger partial charge in [-0.05, 0) is 0 Å². The van der Waals surface area contributed by atoms with Gasteiger partial charge in [0.2, 0.25) is 6.10 Å². The van der Waals surface area contributed by atoms with E-state index >= 15 is 0 Å². The summed E-state index contributed by atoms with van der Waals surface area (Å²) < 4.78 is 4.75. The minimum absolute atomic E-state index is 0.0598. The highest BCUT2D eigenvalue weighted by molar-refractivity contribution is 5.84. The fraction of sp³-hybridized carbons (Fsp3) is 0.167. The molecule has 17 heavy (non-hydrogen) atoms. The van der Waals surface area contributed by atoms with Gasteiger partial charge < -0.3 is 15.8 Å². The van der Waals surface area contributed by atoms with E-state index in [9.17, 15) is 9.59 Å². The summed E-state index contributed by atoms with van der Waals surface area (Å²) >= 11 is 0. The average molecular weight is 232 g/mol. The number of carbonyl (C=O) groups is 2. The number of amides is 2. The van der Waals surface area contributed by atoms with Crippen LogP contribution in [0.1, 0.15) is 11.7 Å². The van der Waals surface area contributed by atoms with Crippen molar-refractivity contribution in [2.24, 2.45) is 5.73 Å². The Hall–Kier alpha value is -2.48. The van der Waals surface area contributed by atoms with Gasteiger partial charge in [-0.1, -0.05) is 36.3 Å². The number of nitrogens with one attached hydrogen (secondary N) is 1. The molecule has 0 heterocycles. The van der Waals surface area contributed by atoms with Gasteiger partial charge >= 0.3 is 6.09 Å². The lowest BCUT2D eigenvalue weighted by Gasteiger charge is -2.15. The van der Waals surface area contributed by atoms with E-state index < -0.39 is 18.1 Å². The van der Waals surface area contributed by atoms with Crippen LogP contribution in [0.3, 0.4) is 0 Å². The molecule has 0 spiro atoms. The van der Waals surface area contributed by atoms with Crippen LogP contribution >= 0.6 is 0 Å². The van der Waals surface area contributed by atoms with Gasteiger partial charge in [-0.15, -0.1) is 6.42 Å². The Morgan fingerprint density at radius 1 is 1.41 bits per heavy atom. The SMILES string of the molecule is C#CCNC(=O)[C@@H](OC(N)=O)c1ccccc1. The molecule has 5 nitrogen and oxygen atoms in total. The molecule has 2 amide bonds. The molecule has 5 heteroatoms. The van der Waals surface area contributed by atoms with E-state index in [1.165, 1.54) is 0 Å². The summed E-state index contributed by atoms with van der Waals surface area (Å²) in [5, 5.41) is 2.43. The molecule has 0 aliphatic heterocycles. The molecule has 0 bridgehead atoms. The first-order valence-electron chi connectivity index (χ1n) is 4.87. The highest BCUT2D eigenvalue weighted by atomic mass is 16.6. The monoisotopic (exact) mass is 232 g/mol. The number of hydrogen-bond acceptors (Lipinski definition) is 3. The summed E-state index contributed by atoms with van der Waals surface area (Å²) in [6.07, 6.45) is 2.92. The number of terminal acetylenes is 1. The van der Waals surface area contributed by atoms with Crippen molar-refractivity contribution < 1.29 is 14.3 Å². The third-order valence-electron chi connectivity index (χ3n) is 1.94. The fourth-order valence-electron chi connectivity index (χ4n) is 1.25. The van der Waals surface area contributed by atoms with Gasteiger partial charge in [-0.2, -0.15) is 0 Å². The lowest BCUT2D eigenvalue weighted by molar-refractivity contribution is -0.129. The van der Waals surface area contributed by atoms with Crippen molar-refractivity contribution in [1.29, 1.82) is 0 Å².